The van der Waals surface area contributed by atoms with E-state index in [9.17, 15) is 24.0 Å². The molecule has 0 bridgehead atoms. The van der Waals surface area contributed by atoms with Crippen LogP contribution in [0.5, 0.6) is 0 Å². The monoisotopic (exact) mass is 535 g/mol. The second kappa shape index (κ2) is 11.9. The topological polar surface area (TPSA) is 133 Å². The van der Waals surface area contributed by atoms with Crippen LogP contribution in [0.1, 0.15) is 27.2 Å². The summed E-state index contributed by atoms with van der Waals surface area (Å²) in [5.74, 6) is -1.50. The Morgan fingerprint density at radius 3 is 1.96 bits per heavy atom. The molecule has 3 radical (unpaired) electrons. The van der Waals surface area contributed by atoms with E-state index in [1.165, 1.54) is 6.92 Å². The van der Waals surface area contributed by atoms with E-state index in [0.717, 1.165) is 0 Å². The predicted molar refractivity (Wildman–Crippen MR) is 87.2 cm³/mol. The fraction of sp³-hybridized carbons (Fsp3) is 0.643. The molecule has 4 amide bonds. The van der Waals surface area contributed by atoms with E-state index in [1.54, 1.807) is 0 Å². The third kappa shape index (κ3) is 12.0. The molecular formula is C14H23N4O5Pb. The minimum absolute atomic E-state index is 0.0972. The number of ketones is 1. The normalized spacial score (nSPS) is 11.4. The number of hydrogen-bond acceptors (Lipinski definition) is 5. The van der Waals surface area contributed by atoms with Gasteiger partial charge in [0.15, 0.2) is 0 Å². The van der Waals surface area contributed by atoms with E-state index < -0.39 is 23.8 Å². The average molecular weight is 535 g/mol. The van der Waals surface area contributed by atoms with Gasteiger partial charge in [-0.15, -0.1) is 0 Å². The maximum absolute atomic E-state index is 12.0. The third-order valence-corrected chi connectivity index (χ3v) is 3.41. The van der Waals surface area contributed by atoms with Gasteiger partial charge in [0, 0.05) is 0 Å². The Labute approximate surface area is 156 Å². The molecule has 0 heterocycles. The van der Waals surface area contributed by atoms with Crippen molar-refractivity contribution in [1.82, 2.24) is 21.3 Å². The van der Waals surface area contributed by atoms with Crippen LogP contribution >= 0.6 is 0 Å². The Hall–Kier alpha value is -1.53. The van der Waals surface area contributed by atoms with Crippen LogP contribution in [0.2, 0.25) is 0 Å². The van der Waals surface area contributed by atoms with Gasteiger partial charge >= 0.3 is 139 Å². The Morgan fingerprint density at radius 1 is 0.875 bits per heavy atom. The number of carbonyl (C=O) groups is 5. The first-order valence-corrected chi connectivity index (χ1v) is 9.38. The van der Waals surface area contributed by atoms with Crippen LogP contribution < -0.4 is 21.3 Å². The molecule has 133 valence electrons. The molecule has 0 saturated carbocycles. The van der Waals surface area contributed by atoms with Crippen molar-refractivity contribution in [2.75, 3.05) is 19.6 Å². The number of nitrogens with one attached hydrogen (secondary N) is 4. The van der Waals surface area contributed by atoms with Crippen molar-refractivity contribution >= 4 is 52.7 Å². The van der Waals surface area contributed by atoms with E-state index in [-0.39, 0.29) is 34.8 Å². The quantitative estimate of drug-likeness (QED) is 0.246. The summed E-state index contributed by atoms with van der Waals surface area (Å²) in [5, 5.41) is 9.70. The van der Waals surface area contributed by atoms with Crippen LogP contribution in [0.3, 0.4) is 0 Å². The fourth-order valence-electron chi connectivity index (χ4n) is 1.68. The second-order valence-electron chi connectivity index (χ2n) is 5.63. The zero-order chi connectivity index (χ0) is 18.7. The van der Waals surface area contributed by atoms with Crippen LogP contribution in [0.25, 0.3) is 0 Å². The molecule has 9 nitrogen and oxygen atoms in total. The maximum atomic E-state index is 12.0. The molecule has 0 aliphatic rings. The molecule has 0 fully saturated rings. The standard InChI is InChI=1S/C14H23N4O5.Pb/c1-9(2)4-11(14(23)17-5-10(3)20)18-13(22)7-16-12(21)6-15-8-19;/h9,11H,4-7H2,1-3H3,(H,15,19)(H,16,21)(H,17,23)(H,18,22);. The van der Waals surface area contributed by atoms with Gasteiger partial charge in [0.2, 0.25) is 0 Å². The van der Waals surface area contributed by atoms with Gasteiger partial charge in [-0.3, -0.25) is 4.79 Å². The number of hydrogen-bond donors (Lipinski definition) is 4. The van der Waals surface area contributed by atoms with Crippen LogP contribution in [-0.4, -0.2) is 78.4 Å². The Morgan fingerprint density at radius 2 is 1.46 bits per heavy atom. The number of amides is 4. The Bertz CT molecular complexity index is 496. The molecule has 0 aliphatic heterocycles. The summed E-state index contributed by atoms with van der Waals surface area (Å²) in [5.41, 5.74) is 0. The molecule has 0 rings (SSSR count). The molecule has 10 heteroatoms. The van der Waals surface area contributed by atoms with Crippen molar-refractivity contribution in [1.29, 1.82) is 0 Å². The summed E-state index contributed by atoms with van der Waals surface area (Å²) in [4.78, 5) is 57.0. The molecule has 0 aromatic carbocycles. The summed E-state index contributed by atoms with van der Waals surface area (Å²) in [6.45, 7) is 4.56. The van der Waals surface area contributed by atoms with Gasteiger partial charge in [-0.1, -0.05) is 0 Å². The Balaban J connectivity index is 4.43. The first-order valence-electron chi connectivity index (χ1n) is 7.44. The molecule has 24 heavy (non-hydrogen) atoms. The van der Waals surface area contributed by atoms with Gasteiger partial charge in [0.05, 0.1) is 0 Å². The summed E-state index contributed by atoms with van der Waals surface area (Å²) in [6, 6.07) is -0.782. The van der Waals surface area contributed by atoms with Gasteiger partial charge < -0.3 is 0 Å². The van der Waals surface area contributed by atoms with Crippen molar-refractivity contribution in [2.45, 2.75) is 33.2 Å². The first-order chi connectivity index (χ1) is 11.1. The summed E-state index contributed by atoms with van der Waals surface area (Å²) in [6.07, 6.45) is 0.403. The zero-order valence-electron chi connectivity index (χ0n) is 14.0. The summed E-state index contributed by atoms with van der Waals surface area (Å²) < 4.78 is -0.214. The van der Waals surface area contributed by atoms with Gasteiger partial charge in [0.1, 0.15) is 5.78 Å². The molecule has 0 aromatic rings. The van der Waals surface area contributed by atoms with Gasteiger partial charge in [-0.25, -0.2) is 0 Å². The van der Waals surface area contributed by atoms with E-state index >= 15 is 0 Å². The van der Waals surface area contributed by atoms with E-state index in [2.05, 4.69) is 21.3 Å². The molecule has 0 aliphatic carbocycles. The van der Waals surface area contributed by atoms with Crippen LogP contribution in [0.15, 0.2) is 0 Å². The number of carbonyl (C=O) groups excluding carboxylic acids is 5. The average Bonchev–Trinajstić information content (AvgIpc) is 2.47. The second-order valence-corrected chi connectivity index (χ2v) is 7.39. The van der Waals surface area contributed by atoms with Crippen molar-refractivity contribution in [3.63, 3.8) is 0 Å². The molecule has 0 saturated heterocycles. The van der Waals surface area contributed by atoms with Crippen molar-refractivity contribution in [2.24, 2.45) is 5.92 Å². The molecule has 0 aromatic heterocycles. The SMILES string of the molecule is CC(=O)CNC(=O)C(CC(C)C)NC(=O)CNC(=O)CN[C](=O)[Pb]. The first kappa shape index (κ1) is 22.5. The predicted octanol–water partition coefficient (Wildman–Crippen LogP) is -1.78. The van der Waals surface area contributed by atoms with Crippen LogP contribution in [-0.2, 0) is 19.2 Å². The van der Waals surface area contributed by atoms with Gasteiger partial charge in [-0.2, -0.15) is 0 Å². The number of rotatable bonds is 10. The molecule has 1 atom stereocenters. The number of Topliss-reactive ketones (excluding diaryl/α,β-unsaturated/α-hetero) is 1. The molecular weight excluding hydrogens is 511 g/mol. The van der Waals surface area contributed by atoms with E-state index in [1.807, 2.05) is 13.8 Å². The molecule has 0 spiro atoms. The fourth-order valence-corrected chi connectivity index (χ4v) is 2.03. The van der Waals surface area contributed by atoms with E-state index in [4.69, 9.17) is 0 Å². The zero-order valence-corrected chi connectivity index (χ0v) is 17.9. The van der Waals surface area contributed by atoms with Crippen molar-refractivity contribution < 1.29 is 24.0 Å². The van der Waals surface area contributed by atoms with Gasteiger partial charge in [-0.05, 0) is 6.92 Å². The van der Waals surface area contributed by atoms with Gasteiger partial charge in [0.25, 0.3) is 0 Å². The Kier molecular flexibility index (Phi) is 11.2. The summed E-state index contributed by atoms with van der Waals surface area (Å²) in [7, 11) is 0. The van der Waals surface area contributed by atoms with Crippen molar-refractivity contribution in [3.05, 3.63) is 0 Å². The molecule has 4 N–H and O–H groups in total. The minimum atomic E-state index is -0.782. The third-order valence-electron chi connectivity index (χ3n) is 2.73. The van der Waals surface area contributed by atoms with E-state index in [0.29, 0.717) is 32.2 Å². The molecule has 1 unspecified atom stereocenters. The van der Waals surface area contributed by atoms with Crippen LogP contribution in [0, 0.1) is 5.92 Å². The van der Waals surface area contributed by atoms with Crippen molar-refractivity contribution in [3.8, 4) is 0 Å². The summed E-state index contributed by atoms with van der Waals surface area (Å²) >= 11 is 0.291. The van der Waals surface area contributed by atoms with Crippen LogP contribution in [0.4, 0.5) is 4.79 Å².